The van der Waals surface area contributed by atoms with Gasteiger partial charge in [0, 0.05) is 33.9 Å². The van der Waals surface area contributed by atoms with Gasteiger partial charge in [0.1, 0.15) is 10.4 Å². The Morgan fingerprint density at radius 1 is 1.57 bits per heavy atom. The summed E-state index contributed by atoms with van der Waals surface area (Å²) in [6.45, 7) is 0.306. The molecule has 0 radical (unpaired) electrons. The molecule has 1 saturated heterocycles. The van der Waals surface area contributed by atoms with Gasteiger partial charge in [-0.05, 0) is 12.8 Å². The van der Waals surface area contributed by atoms with Crippen molar-refractivity contribution in [3.63, 3.8) is 0 Å². The van der Waals surface area contributed by atoms with Crippen LogP contribution in [0.5, 0.6) is 0 Å². The molecule has 1 fully saturated rings. The number of hydrogen-bond acceptors (Lipinski definition) is 5. The average molecular weight is 316 g/mol. The lowest BCUT2D eigenvalue weighted by molar-refractivity contribution is -0.131. The second kappa shape index (κ2) is 5.74. The molecule has 1 aromatic rings. The van der Waals surface area contributed by atoms with E-state index in [1.807, 2.05) is 0 Å². The Kier molecular flexibility index (Phi) is 4.35. The van der Waals surface area contributed by atoms with Crippen molar-refractivity contribution in [3.8, 4) is 0 Å². The quantitative estimate of drug-likeness (QED) is 0.778. The summed E-state index contributed by atoms with van der Waals surface area (Å²) in [5.41, 5.74) is -1.20. The molecule has 1 aromatic heterocycles. The molecule has 0 aliphatic carbocycles. The van der Waals surface area contributed by atoms with Crippen molar-refractivity contribution in [1.29, 1.82) is 0 Å². The standard InChI is InChI=1S/C12H20N4O4S/c1-13-11(17)12(9-20-3)5-4-6-16(12)21(18,19)10-7-14-15(2)8-10/h7-8H,4-6,9H2,1-3H3,(H,13,17). The maximum Gasteiger partial charge on any atom is 0.247 e. The van der Waals surface area contributed by atoms with E-state index in [-0.39, 0.29) is 24.0 Å². The first-order chi connectivity index (χ1) is 9.88. The number of hydrogen-bond donors (Lipinski definition) is 1. The number of rotatable bonds is 5. The molecule has 0 spiro atoms. The average Bonchev–Trinajstić information content (AvgIpc) is 3.06. The minimum Gasteiger partial charge on any atom is -0.382 e. The molecule has 118 valence electrons. The molecular weight excluding hydrogens is 296 g/mol. The van der Waals surface area contributed by atoms with Crippen molar-refractivity contribution in [2.45, 2.75) is 23.3 Å². The first kappa shape index (κ1) is 15.9. The third-order valence-electron chi connectivity index (χ3n) is 3.73. The fraction of sp³-hybridized carbons (Fsp3) is 0.667. The molecule has 0 saturated carbocycles. The third-order valence-corrected chi connectivity index (χ3v) is 5.65. The molecule has 21 heavy (non-hydrogen) atoms. The van der Waals surface area contributed by atoms with Crippen LogP contribution in [0, 0.1) is 0 Å². The van der Waals surface area contributed by atoms with Crippen LogP contribution in [-0.4, -0.2) is 61.3 Å². The molecular formula is C12H20N4O4S. The molecule has 2 rings (SSSR count). The van der Waals surface area contributed by atoms with E-state index in [2.05, 4.69) is 10.4 Å². The highest BCUT2D eigenvalue weighted by molar-refractivity contribution is 7.89. The highest BCUT2D eigenvalue weighted by Crippen LogP contribution is 2.35. The van der Waals surface area contributed by atoms with E-state index in [1.54, 1.807) is 7.05 Å². The zero-order valence-corrected chi connectivity index (χ0v) is 13.2. The minimum absolute atomic E-state index is 0.0200. The maximum absolute atomic E-state index is 12.8. The number of aromatic nitrogens is 2. The van der Waals surface area contributed by atoms with E-state index in [1.165, 1.54) is 35.5 Å². The van der Waals surface area contributed by atoms with Gasteiger partial charge in [0.25, 0.3) is 0 Å². The van der Waals surface area contributed by atoms with Gasteiger partial charge in [-0.25, -0.2) is 8.42 Å². The molecule has 9 heteroatoms. The fourth-order valence-corrected chi connectivity index (χ4v) is 4.55. The highest BCUT2D eigenvalue weighted by Gasteiger charge is 2.53. The second-order valence-electron chi connectivity index (χ2n) is 5.07. The van der Waals surface area contributed by atoms with Crippen LogP contribution in [0.15, 0.2) is 17.3 Å². The first-order valence-corrected chi connectivity index (χ1v) is 8.05. The topological polar surface area (TPSA) is 93.5 Å². The van der Waals surface area contributed by atoms with Gasteiger partial charge in [-0.3, -0.25) is 9.48 Å². The van der Waals surface area contributed by atoms with E-state index < -0.39 is 15.6 Å². The summed E-state index contributed by atoms with van der Waals surface area (Å²) in [5, 5.41) is 6.44. The normalized spacial score (nSPS) is 23.4. The summed E-state index contributed by atoms with van der Waals surface area (Å²) in [6.07, 6.45) is 3.75. The largest absolute Gasteiger partial charge is 0.382 e. The van der Waals surface area contributed by atoms with Crippen LogP contribution in [0.1, 0.15) is 12.8 Å². The number of nitrogens with one attached hydrogen (secondary N) is 1. The predicted octanol–water partition coefficient (Wildman–Crippen LogP) is -0.664. The van der Waals surface area contributed by atoms with Gasteiger partial charge in [-0.15, -0.1) is 0 Å². The van der Waals surface area contributed by atoms with Crippen molar-refractivity contribution in [3.05, 3.63) is 12.4 Å². The van der Waals surface area contributed by atoms with Gasteiger partial charge in [-0.2, -0.15) is 9.40 Å². The van der Waals surface area contributed by atoms with Gasteiger partial charge in [-0.1, -0.05) is 0 Å². The third kappa shape index (κ3) is 2.56. The zero-order chi connectivity index (χ0) is 15.7. The minimum atomic E-state index is -3.79. The molecule has 1 atom stereocenters. The summed E-state index contributed by atoms with van der Waals surface area (Å²) in [6, 6.07) is 0. The highest BCUT2D eigenvalue weighted by atomic mass is 32.2. The van der Waals surface area contributed by atoms with E-state index >= 15 is 0 Å². The molecule has 1 aliphatic heterocycles. The van der Waals surface area contributed by atoms with Gasteiger partial charge >= 0.3 is 0 Å². The lowest BCUT2D eigenvalue weighted by atomic mass is 9.97. The summed E-state index contributed by atoms with van der Waals surface area (Å²) in [4.78, 5) is 12.4. The van der Waals surface area contributed by atoms with Crippen LogP contribution in [0.25, 0.3) is 0 Å². The van der Waals surface area contributed by atoms with Crippen LogP contribution in [-0.2, 0) is 26.6 Å². The Balaban J connectivity index is 2.47. The molecule has 1 unspecified atom stereocenters. The molecule has 8 nitrogen and oxygen atoms in total. The molecule has 2 heterocycles. The monoisotopic (exact) mass is 316 g/mol. The summed E-state index contributed by atoms with van der Waals surface area (Å²) in [7, 11) is 0.799. The summed E-state index contributed by atoms with van der Waals surface area (Å²) < 4.78 is 33.4. The van der Waals surface area contributed by atoms with Gasteiger partial charge < -0.3 is 10.1 Å². The van der Waals surface area contributed by atoms with Crippen molar-refractivity contribution in [2.75, 3.05) is 27.3 Å². The SMILES string of the molecule is CNC(=O)C1(COC)CCCN1S(=O)(=O)c1cnn(C)c1. The summed E-state index contributed by atoms with van der Waals surface area (Å²) >= 11 is 0. The number of likely N-dealkylation sites (N-methyl/N-ethyl adjacent to an activating group) is 1. The Labute approximate surface area is 124 Å². The van der Waals surface area contributed by atoms with Crippen LogP contribution < -0.4 is 5.32 Å². The van der Waals surface area contributed by atoms with Gasteiger partial charge in [0.2, 0.25) is 15.9 Å². The number of carbonyl (C=O) groups is 1. The second-order valence-corrected chi connectivity index (χ2v) is 6.94. The number of ether oxygens (including phenoxy) is 1. The summed E-state index contributed by atoms with van der Waals surface area (Å²) in [5.74, 6) is -0.352. The lowest BCUT2D eigenvalue weighted by Crippen LogP contribution is -2.59. The van der Waals surface area contributed by atoms with Gasteiger partial charge in [0.05, 0.1) is 12.8 Å². The van der Waals surface area contributed by atoms with Crippen molar-refractivity contribution < 1.29 is 17.9 Å². The lowest BCUT2D eigenvalue weighted by Gasteiger charge is -2.34. The van der Waals surface area contributed by atoms with Crippen LogP contribution in [0.2, 0.25) is 0 Å². The smallest absolute Gasteiger partial charge is 0.247 e. The zero-order valence-electron chi connectivity index (χ0n) is 12.4. The van der Waals surface area contributed by atoms with E-state index in [9.17, 15) is 13.2 Å². The van der Waals surface area contributed by atoms with Gasteiger partial charge in [0.15, 0.2) is 0 Å². The Bertz CT molecular complexity index is 627. The molecule has 0 bridgehead atoms. The Morgan fingerprint density at radius 2 is 2.29 bits per heavy atom. The van der Waals surface area contributed by atoms with Crippen molar-refractivity contribution in [2.24, 2.45) is 7.05 Å². The predicted molar refractivity (Wildman–Crippen MR) is 75.0 cm³/mol. The molecule has 1 N–H and O–H groups in total. The number of amides is 1. The first-order valence-electron chi connectivity index (χ1n) is 6.61. The fourth-order valence-electron chi connectivity index (χ4n) is 2.77. The number of nitrogens with zero attached hydrogens (tertiary/aromatic N) is 3. The van der Waals surface area contributed by atoms with E-state index in [0.717, 1.165) is 0 Å². The van der Waals surface area contributed by atoms with E-state index in [0.29, 0.717) is 12.8 Å². The Hall–Kier alpha value is -1.45. The van der Waals surface area contributed by atoms with Crippen molar-refractivity contribution >= 4 is 15.9 Å². The number of methoxy groups -OCH3 is 1. The van der Waals surface area contributed by atoms with Crippen LogP contribution in [0.3, 0.4) is 0 Å². The van der Waals surface area contributed by atoms with E-state index in [4.69, 9.17) is 4.74 Å². The Morgan fingerprint density at radius 3 is 2.81 bits per heavy atom. The number of carbonyl (C=O) groups excluding carboxylic acids is 1. The maximum atomic E-state index is 12.8. The van der Waals surface area contributed by atoms with Crippen LogP contribution >= 0.6 is 0 Å². The van der Waals surface area contributed by atoms with Crippen LogP contribution in [0.4, 0.5) is 0 Å². The number of aryl methyl sites for hydroxylation is 1. The molecule has 0 aromatic carbocycles. The number of sulfonamides is 1. The molecule has 1 amide bonds. The molecule has 1 aliphatic rings. The van der Waals surface area contributed by atoms with Crippen molar-refractivity contribution in [1.82, 2.24) is 19.4 Å².